The predicted octanol–water partition coefficient (Wildman–Crippen LogP) is 3.93. The van der Waals surface area contributed by atoms with Crippen LogP contribution in [0.15, 0.2) is 18.2 Å². The molecule has 156 valence electrons. The molecule has 6 nitrogen and oxygen atoms in total. The Hall–Kier alpha value is -2.37. The van der Waals surface area contributed by atoms with Crippen molar-refractivity contribution in [3.63, 3.8) is 0 Å². The fraction of sp³-hybridized carbons (Fsp3) is 0.591. The highest BCUT2D eigenvalue weighted by Crippen LogP contribution is 2.12. The first-order chi connectivity index (χ1) is 13.5. The van der Waals surface area contributed by atoms with E-state index in [4.69, 9.17) is 11.5 Å². The van der Waals surface area contributed by atoms with Crippen molar-refractivity contribution in [2.45, 2.75) is 77.6 Å². The highest BCUT2D eigenvalue weighted by Gasteiger charge is 2.13. The lowest BCUT2D eigenvalue weighted by atomic mass is 10.0. The maximum Gasteiger partial charge on any atom is 0.251 e. The van der Waals surface area contributed by atoms with E-state index in [1.54, 1.807) is 0 Å². The van der Waals surface area contributed by atoms with E-state index in [-0.39, 0.29) is 22.6 Å². The summed E-state index contributed by atoms with van der Waals surface area (Å²) in [5.74, 6) is -1.75. The van der Waals surface area contributed by atoms with E-state index >= 15 is 0 Å². The third-order valence-corrected chi connectivity index (χ3v) is 4.83. The molecule has 0 unspecified atom stereocenters. The topological polar surface area (TPSA) is 115 Å². The van der Waals surface area contributed by atoms with Crippen LogP contribution in [0.25, 0.3) is 0 Å². The summed E-state index contributed by atoms with van der Waals surface area (Å²) in [7, 11) is 0. The third kappa shape index (κ3) is 9.53. The fourth-order valence-electron chi connectivity index (χ4n) is 3.14. The molecule has 0 fully saturated rings. The Morgan fingerprint density at radius 3 is 1.50 bits per heavy atom. The van der Waals surface area contributed by atoms with Crippen molar-refractivity contribution in [3.8, 4) is 0 Å². The minimum Gasteiger partial charge on any atom is -0.366 e. The summed E-state index contributed by atoms with van der Waals surface area (Å²) in [5, 5.41) is 2.82. The molecule has 1 aromatic carbocycles. The van der Waals surface area contributed by atoms with Gasteiger partial charge in [0.05, 0.1) is 0 Å². The number of hydrogen-bond donors (Lipinski definition) is 3. The van der Waals surface area contributed by atoms with Gasteiger partial charge in [-0.3, -0.25) is 14.4 Å². The average Bonchev–Trinajstić information content (AvgIpc) is 2.68. The van der Waals surface area contributed by atoms with Gasteiger partial charge in [0.25, 0.3) is 5.91 Å². The van der Waals surface area contributed by atoms with Gasteiger partial charge in [-0.05, 0) is 24.6 Å². The van der Waals surface area contributed by atoms with Crippen LogP contribution in [0.4, 0.5) is 0 Å². The first-order valence-electron chi connectivity index (χ1n) is 10.5. The quantitative estimate of drug-likeness (QED) is 0.395. The maximum atomic E-state index is 12.3. The summed E-state index contributed by atoms with van der Waals surface area (Å²) >= 11 is 0. The molecule has 0 bridgehead atoms. The Balaban J connectivity index is 2.23. The van der Waals surface area contributed by atoms with Crippen LogP contribution in [-0.4, -0.2) is 24.3 Å². The second-order valence-corrected chi connectivity index (χ2v) is 7.32. The molecule has 6 heteroatoms. The van der Waals surface area contributed by atoms with Crippen molar-refractivity contribution in [2.24, 2.45) is 11.5 Å². The third-order valence-electron chi connectivity index (χ3n) is 4.83. The molecule has 0 spiro atoms. The smallest absolute Gasteiger partial charge is 0.251 e. The number of primary amides is 2. The van der Waals surface area contributed by atoms with E-state index < -0.39 is 11.8 Å². The van der Waals surface area contributed by atoms with Gasteiger partial charge >= 0.3 is 0 Å². The van der Waals surface area contributed by atoms with Gasteiger partial charge in [0.2, 0.25) is 11.8 Å². The van der Waals surface area contributed by atoms with E-state index in [1.165, 1.54) is 76.0 Å². The molecule has 0 atom stereocenters. The summed E-state index contributed by atoms with van der Waals surface area (Å²) in [6, 6.07) is 4.06. The number of nitrogens with one attached hydrogen (secondary N) is 1. The molecule has 0 radical (unpaired) electrons. The van der Waals surface area contributed by atoms with Crippen molar-refractivity contribution in [1.82, 2.24) is 5.32 Å². The predicted molar refractivity (Wildman–Crippen MR) is 112 cm³/mol. The number of nitrogens with two attached hydrogens (primary N) is 2. The molecule has 0 saturated heterocycles. The minimum atomic E-state index is -0.706. The van der Waals surface area contributed by atoms with Gasteiger partial charge < -0.3 is 16.8 Å². The van der Waals surface area contributed by atoms with Crippen molar-refractivity contribution in [3.05, 3.63) is 34.9 Å². The zero-order valence-electron chi connectivity index (χ0n) is 17.1. The molecule has 0 saturated carbocycles. The Labute approximate surface area is 168 Å². The molecule has 5 N–H and O–H groups in total. The summed E-state index contributed by atoms with van der Waals surface area (Å²) in [6.07, 6.45) is 13.7. The van der Waals surface area contributed by atoms with Crippen LogP contribution in [0.2, 0.25) is 0 Å². The zero-order chi connectivity index (χ0) is 20.8. The van der Waals surface area contributed by atoms with E-state index in [0.29, 0.717) is 6.54 Å². The summed E-state index contributed by atoms with van der Waals surface area (Å²) in [5.41, 5.74) is 10.9. The molecule has 1 aromatic rings. The summed E-state index contributed by atoms with van der Waals surface area (Å²) < 4.78 is 0. The first-order valence-corrected chi connectivity index (χ1v) is 10.5. The van der Waals surface area contributed by atoms with Crippen LogP contribution in [0.5, 0.6) is 0 Å². The number of benzene rings is 1. The van der Waals surface area contributed by atoms with Crippen LogP contribution in [-0.2, 0) is 0 Å². The lowest BCUT2D eigenvalue weighted by Crippen LogP contribution is -2.26. The molecule has 1 rings (SSSR count). The lowest BCUT2D eigenvalue weighted by Gasteiger charge is -2.08. The number of carbonyl (C=O) groups excluding carboxylic acids is 3. The van der Waals surface area contributed by atoms with E-state index in [1.807, 2.05) is 0 Å². The summed E-state index contributed by atoms with van der Waals surface area (Å²) in [6.45, 7) is 2.79. The van der Waals surface area contributed by atoms with Gasteiger partial charge in [0, 0.05) is 23.2 Å². The van der Waals surface area contributed by atoms with Gasteiger partial charge in [-0.15, -0.1) is 0 Å². The minimum absolute atomic E-state index is 0.0937. The second kappa shape index (κ2) is 13.7. The van der Waals surface area contributed by atoms with Crippen LogP contribution < -0.4 is 16.8 Å². The van der Waals surface area contributed by atoms with Gasteiger partial charge in [-0.1, -0.05) is 71.1 Å². The van der Waals surface area contributed by atoms with E-state index in [9.17, 15) is 14.4 Å². The fourth-order valence-corrected chi connectivity index (χ4v) is 3.14. The van der Waals surface area contributed by atoms with Gasteiger partial charge in [0.1, 0.15) is 0 Å². The number of carbonyl (C=O) groups is 3. The molecule has 0 aliphatic rings. The van der Waals surface area contributed by atoms with Crippen molar-refractivity contribution < 1.29 is 14.4 Å². The van der Waals surface area contributed by atoms with Crippen molar-refractivity contribution >= 4 is 17.7 Å². The maximum absolute atomic E-state index is 12.3. The Morgan fingerprint density at radius 2 is 1.07 bits per heavy atom. The standard InChI is InChI=1S/C22H35N3O3/c1-2-3-4-5-6-7-8-9-10-11-12-13-25-22(28)19-15-17(20(23)26)14-18(16-19)21(24)27/h14-16H,2-13H2,1H3,(H2,23,26)(H2,24,27)(H,25,28). The number of amides is 3. The van der Waals surface area contributed by atoms with Crippen molar-refractivity contribution in [2.75, 3.05) is 6.54 Å². The number of rotatable bonds is 15. The molecule has 28 heavy (non-hydrogen) atoms. The highest BCUT2D eigenvalue weighted by molar-refractivity contribution is 6.03. The van der Waals surface area contributed by atoms with Crippen LogP contribution >= 0.6 is 0 Å². The monoisotopic (exact) mass is 389 g/mol. The highest BCUT2D eigenvalue weighted by atomic mass is 16.2. The van der Waals surface area contributed by atoms with Crippen LogP contribution in [0, 0.1) is 0 Å². The largest absolute Gasteiger partial charge is 0.366 e. The van der Waals surface area contributed by atoms with Crippen LogP contribution in [0.1, 0.15) is 109 Å². The van der Waals surface area contributed by atoms with Gasteiger partial charge in [-0.25, -0.2) is 0 Å². The second-order valence-electron chi connectivity index (χ2n) is 7.32. The van der Waals surface area contributed by atoms with Crippen molar-refractivity contribution in [1.29, 1.82) is 0 Å². The van der Waals surface area contributed by atoms with Crippen LogP contribution in [0.3, 0.4) is 0 Å². The zero-order valence-corrected chi connectivity index (χ0v) is 17.1. The molecule has 0 aliphatic heterocycles. The molecule has 0 heterocycles. The molecule has 0 aliphatic carbocycles. The number of hydrogen-bond acceptors (Lipinski definition) is 3. The molecule has 0 aromatic heterocycles. The Kier molecular flexibility index (Phi) is 11.6. The lowest BCUT2D eigenvalue weighted by molar-refractivity contribution is 0.0953. The van der Waals surface area contributed by atoms with Gasteiger partial charge in [-0.2, -0.15) is 0 Å². The first kappa shape index (κ1) is 23.7. The molecule has 3 amide bonds. The number of unbranched alkanes of at least 4 members (excludes halogenated alkanes) is 10. The molecular weight excluding hydrogens is 354 g/mol. The Morgan fingerprint density at radius 1 is 0.679 bits per heavy atom. The SMILES string of the molecule is CCCCCCCCCCCCCNC(=O)c1cc(C(N)=O)cc(C(N)=O)c1. The van der Waals surface area contributed by atoms with E-state index in [2.05, 4.69) is 12.2 Å². The molecular formula is C22H35N3O3. The summed E-state index contributed by atoms with van der Waals surface area (Å²) in [4.78, 5) is 35.0. The van der Waals surface area contributed by atoms with Gasteiger partial charge in [0.15, 0.2) is 0 Å². The average molecular weight is 390 g/mol. The Bertz CT molecular complexity index is 612. The van der Waals surface area contributed by atoms with E-state index in [0.717, 1.165) is 12.8 Å². The normalized spacial score (nSPS) is 10.6.